The van der Waals surface area contributed by atoms with Crippen molar-refractivity contribution in [2.24, 2.45) is 10.9 Å². The number of amides is 2. The molecule has 0 aromatic carbocycles. The average molecular weight is 436 g/mol. The molecule has 1 fully saturated rings. The van der Waals surface area contributed by atoms with Crippen molar-refractivity contribution < 1.29 is 18.7 Å². The maximum absolute atomic E-state index is 12.4. The second kappa shape index (κ2) is 11.1. The highest BCUT2D eigenvalue weighted by Gasteiger charge is 2.25. The lowest BCUT2D eigenvalue weighted by atomic mass is 10.2. The molecule has 174 valence electrons. The highest BCUT2D eigenvalue weighted by molar-refractivity contribution is 5.91. The van der Waals surface area contributed by atoms with Crippen molar-refractivity contribution in [1.82, 2.24) is 20.0 Å². The van der Waals surface area contributed by atoms with Crippen molar-refractivity contribution in [3.05, 3.63) is 24.2 Å². The van der Waals surface area contributed by atoms with E-state index < -0.39 is 5.60 Å². The van der Waals surface area contributed by atoms with Crippen LogP contribution in [0.2, 0.25) is 0 Å². The molecule has 1 aromatic heterocycles. The summed E-state index contributed by atoms with van der Waals surface area (Å²) in [5, 5.41) is 3.34. The summed E-state index contributed by atoms with van der Waals surface area (Å²) in [5.74, 6) is 1.30. The van der Waals surface area contributed by atoms with Crippen LogP contribution in [-0.2, 0) is 4.74 Å². The van der Waals surface area contributed by atoms with Crippen LogP contribution in [0, 0.1) is 5.92 Å². The van der Waals surface area contributed by atoms with Crippen LogP contribution in [0.3, 0.4) is 0 Å². The maximum Gasteiger partial charge on any atom is 0.410 e. The minimum atomic E-state index is -0.509. The summed E-state index contributed by atoms with van der Waals surface area (Å²) >= 11 is 0. The van der Waals surface area contributed by atoms with Gasteiger partial charge in [-0.05, 0) is 45.7 Å². The number of piperazine rings is 1. The molecule has 0 aliphatic carbocycles. The summed E-state index contributed by atoms with van der Waals surface area (Å²) in [4.78, 5) is 34.9. The minimum absolute atomic E-state index is 0.0783. The summed E-state index contributed by atoms with van der Waals surface area (Å²) in [6.45, 7) is 14.2. The number of carbonyl (C=O) groups excluding carboxylic acids is 2. The fourth-order valence-corrected chi connectivity index (χ4v) is 3.29. The molecule has 2 amide bonds. The van der Waals surface area contributed by atoms with E-state index in [-0.39, 0.29) is 17.9 Å². The summed E-state index contributed by atoms with van der Waals surface area (Å²) in [6, 6.07) is 3.41. The molecule has 2 heterocycles. The number of carbonyl (C=O) groups is 2. The summed E-state index contributed by atoms with van der Waals surface area (Å²) in [7, 11) is 1.74. The van der Waals surface area contributed by atoms with Crippen LogP contribution < -0.4 is 5.32 Å². The van der Waals surface area contributed by atoms with Crippen LogP contribution in [-0.4, -0.2) is 91.1 Å². The number of hydrogen-bond donors (Lipinski definition) is 1. The molecule has 0 spiro atoms. The van der Waals surface area contributed by atoms with Crippen molar-refractivity contribution in [2.45, 2.75) is 40.2 Å². The van der Waals surface area contributed by atoms with E-state index in [4.69, 9.17) is 14.1 Å². The molecule has 1 aromatic rings. The molecule has 9 nitrogen and oxygen atoms in total. The topological polar surface area (TPSA) is 90.6 Å². The van der Waals surface area contributed by atoms with Gasteiger partial charge >= 0.3 is 6.09 Å². The molecule has 1 unspecified atom stereocenters. The van der Waals surface area contributed by atoms with Crippen molar-refractivity contribution in [3.8, 4) is 0 Å². The number of aliphatic imine (C=N–C) groups is 1. The summed E-state index contributed by atoms with van der Waals surface area (Å²) in [6.07, 6.45) is 1.19. The molecule has 2 rings (SSSR count). The molecular formula is C22H37N5O4. The van der Waals surface area contributed by atoms with E-state index in [1.54, 1.807) is 29.0 Å². The highest BCUT2D eigenvalue weighted by Crippen LogP contribution is 2.12. The molecule has 31 heavy (non-hydrogen) atoms. The van der Waals surface area contributed by atoms with Gasteiger partial charge in [-0.15, -0.1) is 0 Å². The van der Waals surface area contributed by atoms with E-state index in [9.17, 15) is 9.59 Å². The average Bonchev–Trinajstić information content (AvgIpc) is 3.24. The quantitative estimate of drug-likeness (QED) is 0.545. The van der Waals surface area contributed by atoms with Gasteiger partial charge in [0, 0.05) is 52.9 Å². The van der Waals surface area contributed by atoms with E-state index in [1.807, 2.05) is 27.7 Å². The standard InChI is InChI=1S/C22H37N5O4/c1-7-23-20(24-15-17(2)16-25(6)21(29)31-22(3,4)5)27-12-10-26(11-13-27)19(28)18-9-8-14-30-18/h8-9,14,17H,7,10-13,15-16H2,1-6H3,(H,23,24). The highest BCUT2D eigenvalue weighted by atomic mass is 16.6. The Kier molecular flexibility index (Phi) is 8.76. The second-order valence-electron chi connectivity index (χ2n) is 8.92. The third-order valence-corrected chi connectivity index (χ3v) is 4.78. The molecule has 0 bridgehead atoms. The van der Waals surface area contributed by atoms with E-state index in [2.05, 4.69) is 17.1 Å². The molecular weight excluding hydrogens is 398 g/mol. The van der Waals surface area contributed by atoms with Gasteiger partial charge in [0.05, 0.1) is 6.26 Å². The Morgan fingerprint density at radius 1 is 1.26 bits per heavy atom. The van der Waals surface area contributed by atoms with Crippen molar-refractivity contribution in [1.29, 1.82) is 0 Å². The number of hydrogen-bond acceptors (Lipinski definition) is 5. The molecule has 1 saturated heterocycles. The van der Waals surface area contributed by atoms with Crippen LogP contribution in [0.4, 0.5) is 4.79 Å². The van der Waals surface area contributed by atoms with Crippen molar-refractivity contribution >= 4 is 18.0 Å². The molecule has 1 N–H and O–H groups in total. The third kappa shape index (κ3) is 7.80. The van der Waals surface area contributed by atoms with Crippen LogP contribution in [0.15, 0.2) is 27.8 Å². The van der Waals surface area contributed by atoms with Gasteiger partial charge in [0.25, 0.3) is 5.91 Å². The molecule has 0 radical (unpaired) electrons. The van der Waals surface area contributed by atoms with Gasteiger partial charge in [0.2, 0.25) is 0 Å². The zero-order valence-electron chi connectivity index (χ0n) is 19.7. The fourth-order valence-electron chi connectivity index (χ4n) is 3.29. The second-order valence-corrected chi connectivity index (χ2v) is 8.92. The molecule has 1 aliphatic heterocycles. The van der Waals surface area contributed by atoms with Crippen molar-refractivity contribution in [2.75, 3.05) is 52.9 Å². The van der Waals surface area contributed by atoms with Crippen LogP contribution in [0.5, 0.6) is 0 Å². The predicted octanol–water partition coefficient (Wildman–Crippen LogP) is 2.51. The Morgan fingerprint density at radius 2 is 1.90 bits per heavy atom. The SMILES string of the molecule is CCNC(=NCC(C)CN(C)C(=O)OC(C)(C)C)N1CCN(C(=O)c2ccco2)CC1. The molecule has 1 aliphatic rings. The zero-order chi connectivity index (χ0) is 23.0. The van der Waals surface area contributed by atoms with E-state index in [0.29, 0.717) is 45.0 Å². The van der Waals surface area contributed by atoms with Gasteiger partial charge in [-0.3, -0.25) is 9.79 Å². The zero-order valence-corrected chi connectivity index (χ0v) is 19.7. The largest absolute Gasteiger partial charge is 0.459 e. The first-order valence-electron chi connectivity index (χ1n) is 10.9. The van der Waals surface area contributed by atoms with Gasteiger partial charge < -0.3 is 29.2 Å². The lowest BCUT2D eigenvalue weighted by molar-refractivity contribution is 0.0278. The predicted molar refractivity (Wildman–Crippen MR) is 120 cm³/mol. The molecule has 0 saturated carbocycles. The van der Waals surface area contributed by atoms with E-state index in [0.717, 1.165) is 12.5 Å². The van der Waals surface area contributed by atoms with Crippen LogP contribution >= 0.6 is 0 Å². The number of nitrogens with one attached hydrogen (secondary N) is 1. The Hall–Kier alpha value is -2.71. The maximum atomic E-state index is 12.4. The van der Waals surface area contributed by atoms with E-state index >= 15 is 0 Å². The first-order valence-corrected chi connectivity index (χ1v) is 10.9. The number of ether oxygens (including phenoxy) is 1. The Bertz CT molecular complexity index is 734. The number of nitrogens with zero attached hydrogens (tertiary/aromatic N) is 4. The third-order valence-electron chi connectivity index (χ3n) is 4.78. The number of furan rings is 1. The summed E-state index contributed by atoms with van der Waals surface area (Å²) in [5.41, 5.74) is -0.509. The Morgan fingerprint density at radius 3 is 2.45 bits per heavy atom. The van der Waals surface area contributed by atoms with Gasteiger partial charge in [0.15, 0.2) is 11.7 Å². The normalized spacial score (nSPS) is 16.1. The number of guanidine groups is 1. The van der Waals surface area contributed by atoms with Gasteiger partial charge in [-0.2, -0.15) is 0 Å². The fraction of sp³-hybridized carbons (Fsp3) is 0.682. The number of rotatable bonds is 6. The van der Waals surface area contributed by atoms with Gasteiger partial charge in [0.1, 0.15) is 5.60 Å². The van der Waals surface area contributed by atoms with E-state index in [1.165, 1.54) is 6.26 Å². The van der Waals surface area contributed by atoms with Crippen LogP contribution in [0.1, 0.15) is 45.2 Å². The monoisotopic (exact) mass is 435 g/mol. The Labute approximate surface area is 185 Å². The van der Waals surface area contributed by atoms with Crippen LogP contribution in [0.25, 0.3) is 0 Å². The first-order chi connectivity index (χ1) is 14.6. The summed E-state index contributed by atoms with van der Waals surface area (Å²) < 4.78 is 10.6. The minimum Gasteiger partial charge on any atom is -0.459 e. The smallest absolute Gasteiger partial charge is 0.410 e. The lowest BCUT2D eigenvalue weighted by Gasteiger charge is -2.36. The lowest BCUT2D eigenvalue weighted by Crippen LogP contribution is -2.53. The molecule has 9 heteroatoms. The molecule has 1 atom stereocenters. The van der Waals surface area contributed by atoms with Gasteiger partial charge in [-0.25, -0.2) is 4.79 Å². The van der Waals surface area contributed by atoms with Gasteiger partial charge in [-0.1, -0.05) is 6.92 Å². The Balaban J connectivity index is 1.87. The van der Waals surface area contributed by atoms with Crippen molar-refractivity contribution in [3.63, 3.8) is 0 Å². The first kappa shape index (κ1) is 24.6.